The number of methoxy groups -OCH3 is 1. The molecule has 0 aromatic carbocycles. The number of thiazole rings is 1. The smallest absolute Gasteiger partial charge is 0.214 e. The first-order chi connectivity index (χ1) is 7.24. The third-order valence-corrected chi connectivity index (χ3v) is 3.69. The van der Waals surface area contributed by atoms with Crippen LogP contribution < -0.4 is 4.74 Å². The van der Waals surface area contributed by atoms with Crippen LogP contribution >= 0.6 is 11.3 Å². The van der Waals surface area contributed by atoms with Crippen LogP contribution in [0.25, 0.3) is 10.3 Å². The Morgan fingerprint density at radius 2 is 2.20 bits per heavy atom. The highest BCUT2D eigenvalue weighted by molar-refractivity contribution is 7.18. The van der Waals surface area contributed by atoms with Crippen molar-refractivity contribution in [2.75, 3.05) is 7.11 Å². The van der Waals surface area contributed by atoms with E-state index in [1.54, 1.807) is 18.4 Å². The Bertz CT molecular complexity index is 467. The lowest BCUT2D eigenvalue weighted by molar-refractivity contribution is 0.400. The van der Waals surface area contributed by atoms with Gasteiger partial charge in [0.15, 0.2) is 0 Å². The second kappa shape index (κ2) is 4.14. The van der Waals surface area contributed by atoms with E-state index in [1.807, 2.05) is 12.1 Å². The van der Waals surface area contributed by atoms with Crippen molar-refractivity contribution in [3.8, 4) is 5.88 Å². The summed E-state index contributed by atoms with van der Waals surface area (Å²) in [5, 5.41) is 1.16. The van der Waals surface area contributed by atoms with Crippen LogP contribution in [-0.4, -0.2) is 17.1 Å². The Hall–Kier alpha value is -1.16. The zero-order chi connectivity index (χ0) is 10.8. The van der Waals surface area contributed by atoms with Crippen molar-refractivity contribution in [2.45, 2.75) is 26.2 Å². The minimum Gasteiger partial charge on any atom is -0.481 e. The highest BCUT2D eigenvalue weighted by Gasteiger charge is 2.10. The summed E-state index contributed by atoms with van der Waals surface area (Å²) in [7, 11) is 1.63. The Labute approximate surface area is 93.1 Å². The highest BCUT2D eigenvalue weighted by Crippen LogP contribution is 2.28. The van der Waals surface area contributed by atoms with Crippen LogP contribution in [0.4, 0.5) is 0 Å². The molecule has 3 nitrogen and oxygen atoms in total. The fraction of sp³-hybridized carbons (Fsp3) is 0.455. The molecule has 0 fully saturated rings. The standard InChI is InChI=1S/C11H14N2OS/c1-4-7(2)10-12-8-5-6-9(14-3)13-11(8)15-10/h5-7H,4H2,1-3H3. The lowest BCUT2D eigenvalue weighted by Gasteiger charge is -2.00. The maximum Gasteiger partial charge on any atom is 0.214 e. The van der Waals surface area contributed by atoms with Crippen molar-refractivity contribution >= 4 is 21.7 Å². The molecule has 1 unspecified atom stereocenters. The summed E-state index contributed by atoms with van der Waals surface area (Å²) in [5.41, 5.74) is 0.969. The average Bonchev–Trinajstić information content (AvgIpc) is 2.70. The third kappa shape index (κ3) is 1.95. The van der Waals surface area contributed by atoms with Gasteiger partial charge in [-0.15, -0.1) is 0 Å². The van der Waals surface area contributed by atoms with Gasteiger partial charge in [-0.05, 0) is 12.5 Å². The maximum absolute atomic E-state index is 5.09. The number of pyridine rings is 1. The van der Waals surface area contributed by atoms with Crippen LogP contribution in [0.3, 0.4) is 0 Å². The highest BCUT2D eigenvalue weighted by atomic mass is 32.1. The molecule has 1 atom stereocenters. The van der Waals surface area contributed by atoms with E-state index in [1.165, 1.54) is 0 Å². The van der Waals surface area contributed by atoms with Gasteiger partial charge in [0.25, 0.3) is 0 Å². The van der Waals surface area contributed by atoms with Gasteiger partial charge in [0.2, 0.25) is 5.88 Å². The van der Waals surface area contributed by atoms with Gasteiger partial charge < -0.3 is 4.74 Å². The molecule has 15 heavy (non-hydrogen) atoms. The second-order valence-corrected chi connectivity index (χ2v) is 4.55. The summed E-state index contributed by atoms with van der Waals surface area (Å²) >= 11 is 1.66. The predicted molar refractivity (Wildman–Crippen MR) is 62.7 cm³/mol. The summed E-state index contributed by atoms with van der Waals surface area (Å²) < 4.78 is 5.09. The van der Waals surface area contributed by atoms with E-state index in [4.69, 9.17) is 4.74 Å². The number of ether oxygens (including phenoxy) is 1. The zero-order valence-corrected chi connectivity index (χ0v) is 9.97. The van der Waals surface area contributed by atoms with Gasteiger partial charge in [-0.3, -0.25) is 0 Å². The van der Waals surface area contributed by atoms with Crippen LogP contribution in [0.15, 0.2) is 12.1 Å². The number of nitrogens with zero attached hydrogens (tertiary/aromatic N) is 2. The Morgan fingerprint density at radius 3 is 2.87 bits per heavy atom. The van der Waals surface area contributed by atoms with Gasteiger partial charge in [0.05, 0.1) is 12.1 Å². The molecule has 0 saturated carbocycles. The predicted octanol–water partition coefficient (Wildman–Crippen LogP) is 3.21. The summed E-state index contributed by atoms with van der Waals surface area (Å²) in [4.78, 5) is 9.89. The van der Waals surface area contributed by atoms with E-state index >= 15 is 0 Å². The zero-order valence-electron chi connectivity index (χ0n) is 9.15. The van der Waals surface area contributed by atoms with Gasteiger partial charge in [-0.25, -0.2) is 9.97 Å². The summed E-state index contributed by atoms with van der Waals surface area (Å²) in [5.74, 6) is 1.16. The molecule has 0 N–H and O–H groups in total. The Kier molecular flexibility index (Phi) is 2.86. The van der Waals surface area contributed by atoms with Crippen LogP contribution in [0.1, 0.15) is 31.2 Å². The summed E-state index contributed by atoms with van der Waals surface area (Å²) in [6.45, 7) is 4.36. The Morgan fingerprint density at radius 1 is 1.40 bits per heavy atom. The molecular weight excluding hydrogens is 208 g/mol. The lowest BCUT2D eigenvalue weighted by atomic mass is 10.1. The molecule has 0 aliphatic rings. The molecule has 0 amide bonds. The van der Waals surface area contributed by atoms with Crippen molar-refractivity contribution in [1.29, 1.82) is 0 Å². The molecule has 0 aliphatic heterocycles. The third-order valence-electron chi connectivity index (χ3n) is 2.49. The fourth-order valence-electron chi connectivity index (χ4n) is 1.32. The van der Waals surface area contributed by atoms with E-state index < -0.39 is 0 Å². The first kappa shape index (κ1) is 10.4. The Balaban J connectivity index is 2.46. The molecule has 2 heterocycles. The summed E-state index contributed by atoms with van der Waals surface area (Å²) in [6, 6.07) is 3.81. The number of aromatic nitrogens is 2. The number of hydrogen-bond donors (Lipinski definition) is 0. The molecule has 0 radical (unpaired) electrons. The average molecular weight is 222 g/mol. The molecular formula is C11H14N2OS. The van der Waals surface area contributed by atoms with E-state index in [0.29, 0.717) is 11.8 Å². The van der Waals surface area contributed by atoms with Gasteiger partial charge in [0, 0.05) is 12.0 Å². The molecule has 0 spiro atoms. The second-order valence-electron chi connectivity index (χ2n) is 3.54. The van der Waals surface area contributed by atoms with E-state index in [-0.39, 0.29) is 0 Å². The minimum absolute atomic E-state index is 0.509. The molecule has 2 aromatic heterocycles. The SMILES string of the molecule is CCC(C)c1nc2ccc(OC)nc2s1. The molecule has 0 aliphatic carbocycles. The van der Waals surface area contributed by atoms with Crippen LogP contribution in [0.5, 0.6) is 5.88 Å². The molecule has 4 heteroatoms. The largest absolute Gasteiger partial charge is 0.481 e. The van der Waals surface area contributed by atoms with E-state index in [2.05, 4.69) is 23.8 Å². The number of fused-ring (bicyclic) bond motifs is 1. The fourth-order valence-corrected chi connectivity index (χ4v) is 2.38. The molecule has 0 saturated heterocycles. The van der Waals surface area contributed by atoms with E-state index in [0.717, 1.165) is 21.8 Å². The van der Waals surface area contributed by atoms with Crippen molar-refractivity contribution in [1.82, 2.24) is 9.97 Å². The van der Waals surface area contributed by atoms with Gasteiger partial charge >= 0.3 is 0 Å². The number of rotatable bonds is 3. The first-order valence-corrected chi connectivity index (χ1v) is 5.87. The van der Waals surface area contributed by atoms with Crippen LogP contribution in [0.2, 0.25) is 0 Å². The van der Waals surface area contributed by atoms with Gasteiger partial charge in [-0.1, -0.05) is 25.2 Å². The number of hydrogen-bond acceptors (Lipinski definition) is 4. The topological polar surface area (TPSA) is 35.0 Å². The summed E-state index contributed by atoms with van der Waals surface area (Å²) in [6.07, 6.45) is 1.11. The van der Waals surface area contributed by atoms with Gasteiger partial charge in [0.1, 0.15) is 10.3 Å². The lowest BCUT2D eigenvalue weighted by Crippen LogP contribution is -1.88. The van der Waals surface area contributed by atoms with Crippen LogP contribution in [-0.2, 0) is 0 Å². The van der Waals surface area contributed by atoms with Crippen molar-refractivity contribution in [3.63, 3.8) is 0 Å². The normalized spacial score (nSPS) is 13.0. The van der Waals surface area contributed by atoms with Gasteiger partial charge in [-0.2, -0.15) is 0 Å². The first-order valence-electron chi connectivity index (χ1n) is 5.06. The quantitative estimate of drug-likeness (QED) is 0.799. The molecule has 2 rings (SSSR count). The maximum atomic E-state index is 5.09. The van der Waals surface area contributed by atoms with Crippen LogP contribution in [0, 0.1) is 0 Å². The van der Waals surface area contributed by atoms with Crippen molar-refractivity contribution in [3.05, 3.63) is 17.1 Å². The minimum atomic E-state index is 0.509. The monoisotopic (exact) mass is 222 g/mol. The molecule has 80 valence electrons. The molecule has 0 bridgehead atoms. The van der Waals surface area contributed by atoms with Crippen molar-refractivity contribution in [2.24, 2.45) is 0 Å². The molecule has 2 aromatic rings. The van der Waals surface area contributed by atoms with E-state index in [9.17, 15) is 0 Å². The van der Waals surface area contributed by atoms with Crippen molar-refractivity contribution < 1.29 is 4.74 Å².